The smallest absolute Gasteiger partial charge is 0.187 e. The second-order valence-corrected chi connectivity index (χ2v) is 4.21. The van der Waals surface area contributed by atoms with Gasteiger partial charge >= 0.3 is 0 Å². The SMILES string of the molecule is C=C/C=C/Nc1nc(C2=CC=NC=CC2)cs1. The molecule has 1 aromatic heterocycles. The molecular weight excluding hydrogens is 230 g/mol. The zero-order chi connectivity index (χ0) is 11.9. The molecular formula is C13H13N3S. The Morgan fingerprint density at radius 3 is 3.29 bits per heavy atom. The molecule has 0 aromatic carbocycles. The minimum Gasteiger partial charge on any atom is -0.338 e. The van der Waals surface area contributed by atoms with Crippen molar-refractivity contribution in [2.45, 2.75) is 6.42 Å². The Morgan fingerprint density at radius 2 is 2.41 bits per heavy atom. The molecule has 1 aromatic rings. The predicted molar refractivity (Wildman–Crippen MR) is 75.3 cm³/mol. The number of aromatic nitrogens is 1. The van der Waals surface area contributed by atoms with Gasteiger partial charge < -0.3 is 5.32 Å². The first kappa shape index (κ1) is 11.5. The minimum absolute atomic E-state index is 0.867. The molecule has 1 N–H and O–H groups in total. The molecule has 0 fully saturated rings. The maximum atomic E-state index is 4.51. The van der Waals surface area contributed by atoms with Crippen LogP contribution in [0.4, 0.5) is 5.13 Å². The standard InChI is InChI=1S/C13H13N3S/c1-2-3-8-15-13-16-12(10-17-13)11-5-4-7-14-9-6-11/h2-4,6-10H,1,5H2,(H,15,16)/b8-3+. The lowest BCUT2D eigenvalue weighted by molar-refractivity contribution is 1.28. The van der Waals surface area contributed by atoms with Crippen molar-refractivity contribution in [3.8, 4) is 0 Å². The van der Waals surface area contributed by atoms with E-state index in [2.05, 4.69) is 21.9 Å². The van der Waals surface area contributed by atoms with Crippen LogP contribution in [-0.2, 0) is 0 Å². The third-order valence-electron chi connectivity index (χ3n) is 2.16. The molecule has 0 spiro atoms. The van der Waals surface area contributed by atoms with Gasteiger partial charge in [0.05, 0.1) is 5.69 Å². The number of anilines is 1. The molecule has 0 radical (unpaired) electrons. The van der Waals surface area contributed by atoms with Crippen LogP contribution < -0.4 is 5.32 Å². The third kappa shape index (κ3) is 3.26. The molecule has 0 aliphatic carbocycles. The van der Waals surface area contributed by atoms with Crippen molar-refractivity contribution < 1.29 is 0 Å². The zero-order valence-electron chi connectivity index (χ0n) is 9.34. The van der Waals surface area contributed by atoms with Gasteiger partial charge in [-0.1, -0.05) is 18.7 Å². The number of nitrogens with one attached hydrogen (secondary N) is 1. The predicted octanol–water partition coefficient (Wildman–Crippen LogP) is 3.63. The second-order valence-electron chi connectivity index (χ2n) is 3.36. The monoisotopic (exact) mass is 243 g/mol. The van der Waals surface area contributed by atoms with Crippen molar-refractivity contribution in [2.75, 3.05) is 5.32 Å². The summed E-state index contributed by atoms with van der Waals surface area (Å²) in [5, 5.41) is 6.02. The van der Waals surface area contributed by atoms with E-state index in [9.17, 15) is 0 Å². The van der Waals surface area contributed by atoms with Crippen LogP contribution in [0.2, 0.25) is 0 Å². The molecule has 2 heterocycles. The average molecular weight is 243 g/mol. The normalized spacial score (nSPS) is 14.7. The number of allylic oxidation sites excluding steroid dienone is 5. The summed E-state index contributed by atoms with van der Waals surface area (Å²) < 4.78 is 0. The first-order valence-corrected chi connectivity index (χ1v) is 6.15. The van der Waals surface area contributed by atoms with Crippen LogP contribution in [0.1, 0.15) is 12.1 Å². The highest BCUT2D eigenvalue weighted by molar-refractivity contribution is 7.13. The van der Waals surface area contributed by atoms with Gasteiger partial charge in [-0.3, -0.25) is 4.99 Å². The first-order valence-electron chi connectivity index (χ1n) is 5.27. The number of thiazole rings is 1. The maximum absolute atomic E-state index is 4.51. The summed E-state index contributed by atoms with van der Waals surface area (Å²) in [7, 11) is 0. The van der Waals surface area contributed by atoms with Crippen LogP contribution in [0.15, 0.2) is 53.7 Å². The van der Waals surface area contributed by atoms with Gasteiger partial charge in [0.1, 0.15) is 0 Å². The van der Waals surface area contributed by atoms with Crippen LogP contribution in [0.25, 0.3) is 5.57 Å². The lowest BCUT2D eigenvalue weighted by Gasteiger charge is -1.97. The largest absolute Gasteiger partial charge is 0.338 e. The highest BCUT2D eigenvalue weighted by atomic mass is 32.1. The molecule has 86 valence electrons. The van der Waals surface area contributed by atoms with Gasteiger partial charge in [0, 0.05) is 24.0 Å². The zero-order valence-corrected chi connectivity index (χ0v) is 10.2. The summed E-state index contributed by atoms with van der Waals surface area (Å²) in [5.74, 6) is 0. The fraction of sp³-hybridized carbons (Fsp3) is 0.0769. The van der Waals surface area contributed by atoms with Crippen molar-refractivity contribution in [3.63, 3.8) is 0 Å². The van der Waals surface area contributed by atoms with E-state index in [4.69, 9.17) is 0 Å². The highest BCUT2D eigenvalue weighted by Crippen LogP contribution is 2.24. The van der Waals surface area contributed by atoms with E-state index in [0.717, 1.165) is 17.2 Å². The average Bonchev–Trinajstić information content (AvgIpc) is 2.64. The van der Waals surface area contributed by atoms with Crippen molar-refractivity contribution in [2.24, 2.45) is 4.99 Å². The molecule has 0 bridgehead atoms. The Kier molecular flexibility index (Phi) is 4.05. The van der Waals surface area contributed by atoms with E-state index in [0.29, 0.717) is 0 Å². The van der Waals surface area contributed by atoms with Crippen molar-refractivity contribution in [1.29, 1.82) is 0 Å². The molecule has 0 saturated carbocycles. The number of hydrogen-bond donors (Lipinski definition) is 1. The van der Waals surface area contributed by atoms with Crippen LogP contribution in [0, 0.1) is 0 Å². The van der Waals surface area contributed by atoms with Crippen LogP contribution in [-0.4, -0.2) is 11.2 Å². The molecule has 17 heavy (non-hydrogen) atoms. The second kappa shape index (κ2) is 5.96. The highest BCUT2D eigenvalue weighted by Gasteiger charge is 2.05. The summed E-state index contributed by atoms with van der Waals surface area (Å²) in [4.78, 5) is 8.58. The topological polar surface area (TPSA) is 37.3 Å². The van der Waals surface area contributed by atoms with Crippen LogP contribution in [0.3, 0.4) is 0 Å². The molecule has 1 aliphatic rings. The Morgan fingerprint density at radius 1 is 1.47 bits per heavy atom. The van der Waals surface area contributed by atoms with Gasteiger partial charge in [0.2, 0.25) is 0 Å². The molecule has 0 atom stereocenters. The molecule has 4 heteroatoms. The van der Waals surface area contributed by atoms with Crippen molar-refractivity contribution >= 4 is 28.3 Å². The fourth-order valence-corrected chi connectivity index (χ4v) is 2.07. The van der Waals surface area contributed by atoms with Gasteiger partial charge in [-0.05, 0) is 24.1 Å². The van der Waals surface area contributed by atoms with E-state index in [1.807, 2.05) is 36.0 Å². The van der Waals surface area contributed by atoms with Crippen molar-refractivity contribution in [3.05, 3.63) is 54.4 Å². The number of nitrogens with zero attached hydrogens (tertiary/aromatic N) is 2. The molecule has 0 unspecified atom stereocenters. The number of rotatable bonds is 4. The van der Waals surface area contributed by atoms with E-state index in [-0.39, 0.29) is 0 Å². The van der Waals surface area contributed by atoms with Gasteiger partial charge in [0.25, 0.3) is 0 Å². The quantitative estimate of drug-likeness (QED) is 0.820. The lowest BCUT2D eigenvalue weighted by Crippen LogP contribution is -1.88. The third-order valence-corrected chi connectivity index (χ3v) is 2.94. The summed E-state index contributed by atoms with van der Waals surface area (Å²) in [6.07, 6.45) is 13.9. The van der Waals surface area contributed by atoms with Gasteiger partial charge in [-0.15, -0.1) is 11.3 Å². The van der Waals surface area contributed by atoms with E-state index >= 15 is 0 Å². The first-order chi connectivity index (χ1) is 8.40. The van der Waals surface area contributed by atoms with E-state index in [1.54, 1.807) is 23.6 Å². The van der Waals surface area contributed by atoms with Crippen LogP contribution in [0.5, 0.6) is 0 Å². The molecule has 2 rings (SSSR count). The molecule has 1 aliphatic heterocycles. The summed E-state index contributed by atoms with van der Waals surface area (Å²) >= 11 is 1.58. The van der Waals surface area contributed by atoms with Gasteiger partial charge in [-0.2, -0.15) is 0 Å². The number of hydrogen-bond acceptors (Lipinski definition) is 4. The Balaban J connectivity index is 2.10. The Bertz CT molecular complexity index is 506. The summed E-state index contributed by atoms with van der Waals surface area (Å²) in [5.41, 5.74) is 2.18. The van der Waals surface area contributed by atoms with E-state index < -0.39 is 0 Å². The summed E-state index contributed by atoms with van der Waals surface area (Å²) in [6, 6.07) is 0. The maximum Gasteiger partial charge on any atom is 0.187 e. The fourth-order valence-electron chi connectivity index (χ4n) is 1.36. The van der Waals surface area contributed by atoms with Gasteiger partial charge in [0.15, 0.2) is 5.13 Å². The van der Waals surface area contributed by atoms with Gasteiger partial charge in [-0.25, -0.2) is 4.98 Å². The lowest BCUT2D eigenvalue weighted by atomic mass is 10.1. The van der Waals surface area contributed by atoms with E-state index in [1.165, 1.54) is 5.57 Å². The Hall–Kier alpha value is -1.94. The summed E-state index contributed by atoms with van der Waals surface area (Å²) in [6.45, 7) is 3.61. The minimum atomic E-state index is 0.867. The van der Waals surface area contributed by atoms with Crippen LogP contribution >= 0.6 is 11.3 Å². The number of aliphatic imine (C=N–C) groups is 1. The molecule has 0 saturated heterocycles. The Labute approximate surface area is 105 Å². The molecule has 3 nitrogen and oxygen atoms in total. The van der Waals surface area contributed by atoms with Crippen molar-refractivity contribution in [1.82, 2.24) is 4.98 Å². The molecule has 0 amide bonds.